The number of hydrogen-bond acceptors (Lipinski definition) is 9. The summed E-state index contributed by atoms with van der Waals surface area (Å²) in [7, 11) is 0. The molecule has 1 fully saturated rings. The highest BCUT2D eigenvalue weighted by molar-refractivity contribution is 7.13. The van der Waals surface area contributed by atoms with Crippen LogP contribution >= 0.6 is 11.3 Å². The first-order valence-corrected chi connectivity index (χ1v) is 10.4. The van der Waals surface area contributed by atoms with E-state index in [4.69, 9.17) is 10.7 Å². The van der Waals surface area contributed by atoms with Gasteiger partial charge in [-0.1, -0.05) is 24.1 Å². The minimum atomic E-state index is -0.830. The van der Waals surface area contributed by atoms with E-state index in [9.17, 15) is 5.11 Å². The van der Waals surface area contributed by atoms with Gasteiger partial charge in [0.25, 0.3) is 0 Å². The number of fused-ring (bicyclic) bond motifs is 1. The number of hydrogen-bond donors (Lipinski definition) is 2. The number of rotatable bonds is 4. The third kappa shape index (κ3) is 3.23. The van der Waals surface area contributed by atoms with Gasteiger partial charge in [0.15, 0.2) is 11.2 Å². The molecule has 10 heteroatoms. The standard InChI is InChI=1S/C19H20N8OS/c1-11-10-29-17(21-11)15-14-16(24-18(20)23-15)27(26-25-14)9-12-5-4-6-13(22-12)19(28)7-2-3-8-19/h4-6,10,28H,2-3,7-9H2,1H3,(H2,20,23,24). The van der Waals surface area contributed by atoms with Gasteiger partial charge in [0.2, 0.25) is 5.95 Å². The highest BCUT2D eigenvalue weighted by atomic mass is 32.1. The van der Waals surface area contributed by atoms with E-state index in [0.29, 0.717) is 29.1 Å². The SMILES string of the molecule is Cc1csc(-c2nc(N)nc3c2nnn3Cc2cccc(C3(O)CCCC3)n2)n1. The van der Waals surface area contributed by atoms with Crippen molar-refractivity contribution in [1.29, 1.82) is 0 Å². The molecule has 9 nitrogen and oxygen atoms in total. The Bertz CT molecular complexity index is 1190. The van der Waals surface area contributed by atoms with Gasteiger partial charge in [0, 0.05) is 11.1 Å². The Kier molecular flexibility index (Phi) is 4.25. The van der Waals surface area contributed by atoms with E-state index >= 15 is 0 Å². The number of thiazole rings is 1. The Balaban J connectivity index is 1.53. The fourth-order valence-electron chi connectivity index (χ4n) is 3.79. The summed E-state index contributed by atoms with van der Waals surface area (Å²) in [6.45, 7) is 2.29. The molecule has 4 aromatic rings. The molecule has 0 aliphatic heterocycles. The number of anilines is 1. The quantitative estimate of drug-likeness (QED) is 0.527. The van der Waals surface area contributed by atoms with Crippen LogP contribution < -0.4 is 5.73 Å². The zero-order chi connectivity index (χ0) is 20.0. The Morgan fingerprint density at radius 1 is 1.17 bits per heavy atom. The molecule has 5 rings (SSSR count). The summed E-state index contributed by atoms with van der Waals surface area (Å²) in [5, 5.41) is 22.1. The lowest BCUT2D eigenvalue weighted by molar-refractivity contribution is 0.0397. The van der Waals surface area contributed by atoms with Crippen LogP contribution in [-0.2, 0) is 12.1 Å². The Morgan fingerprint density at radius 2 is 2.00 bits per heavy atom. The second-order valence-corrected chi connectivity index (χ2v) is 8.25. The van der Waals surface area contributed by atoms with Crippen molar-refractivity contribution in [3.63, 3.8) is 0 Å². The summed E-state index contributed by atoms with van der Waals surface area (Å²) in [6, 6.07) is 5.71. The van der Waals surface area contributed by atoms with Crippen LogP contribution in [0, 0.1) is 6.92 Å². The molecule has 0 atom stereocenters. The second-order valence-electron chi connectivity index (χ2n) is 7.40. The lowest BCUT2D eigenvalue weighted by Crippen LogP contribution is -2.23. The molecule has 3 N–H and O–H groups in total. The minimum absolute atomic E-state index is 0.144. The van der Waals surface area contributed by atoms with Crippen LogP contribution in [0.5, 0.6) is 0 Å². The highest BCUT2D eigenvalue weighted by Crippen LogP contribution is 2.37. The monoisotopic (exact) mass is 408 g/mol. The molecule has 1 aliphatic rings. The summed E-state index contributed by atoms with van der Waals surface area (Å²) in [5.74, 6) is 0.144. The summed E-state index contributed by atoms with van der Waals surface area (Å²) in [4.78, 5) is 17.8. The predicted octanol–water partition coefficient (Wildman–Crippen LogP) is 2.44. The van der Waals surface area contributed by atoms with Crippen LogP contribution in [0.3, 0.4) is 0 Å². The predicted molar refractivity (Wildman–Crippen MR) is 109 cm³/mol. The summed E-state index contributed by atoms with van der Waals surface area (Å²) < 4.78 is 1.65. The smallest absolute Gasteiger partial charge is 0.222 e. The second kappa shape index (κ2) is 6.82. The fraction of sp³-hybridized carbons (Fsp3) is 0.368. The molecule has 0 radical (unpaired) electrons. The van der Waals surface area contributed by atoms with Crippen molar-refractivity contribution < 1.29 is 5.11 Å². The van der Waals surface area contributed by atoms with Gasteiger partial charge in [-0.25, -0.2) is 14.6 Å². The fourth-order valence-corrected chi connectivity index (χ4v) is 4.57. The zero-order valence-corrected chi connectivity index (χ0v) is 16.7. The molecule has 0 bridgehead atoms. The van der Waals surface area contributed by atoms with Crippen molar-refractivity contribution in [2.24, 2.45) is 0 Å². The van der Waals surface area contributed by atoms with E-state index in [0.717, 1.165) is 42.1 Å². The molecule has 4 heterocycles. The van der Waals surface area contributed by atoms with Crippen LogP contribution in [0.4, 0.5) is 5.95 Å². The number of aryl methyl sites for hydroxylation is 1. The number of pyridine rings is 1. The molecule has 0 unspecified atom stereocenters. The van der Waals surface area contributed by atoms with Crippen molar-refractivity contribution in [2.75, 3.05) is 5.73 Å². The maximum Gasteiger partial charge on any atom is 0.222 e. The minimum Gasteiger partial charge on any atom is -0.384 e. The number of nitrogen functional groups attached to an aromatic ring is 1. The molecule has 0 amide bonds. The highest BCUT2D eigenvalue weighted by Gasteiger charge is 2.34. The number of aromatic nitrogens is 7. The van der Waals surface area contributed by atoms with E-state index in [1.165, 1.54) is 11.3 Å². The topological polar surface area (TPSA) is 129 Å². The van der Waals surface area contributed by atoms with Gasteiger partial charge >= 0.3 is 0 Å². The first-order valence-electron chi connectivity index (χ1n) is 9.50. The van der Waals surface area contributed by atoms with Crippen LogP contribution in [0.2, 0.25) is 0 Å². The largest absolute Gasteiger partial charge is 0.384 e. The molecular formula is C19H20N8OS. The molecule has 0 spiro atoms. The first kappa shape index (κ1) is 18.1. The van der Waals surface area contributed by atoms with Crippen LogP contribution in [0.1, 0.15) is 42.8 Å². The number of nitrogens with zero attached hydrogens (tertiary/aromatic N) is 7. The zero-order valence-electron chi connectivity index (χ0n) is 15.9. The van der Waals surface area contributed by atoms with Crippen LogP contribution in [0.15, 0.2) is 23.6 Å². The molecule has 148 valence electrons. The normalized spacial score (nSPS) is 15.9. The van der Waals surface area contributed by atoms with E-state index in [-0.39, 0.29) is 5.95 Å². The lowest BCUT2D eigenvalue weighted by Gasteiger charge is -2.21. The third-order valence-corrected chi connectivity index (χ3v) is 6.19. The van der Waals surface area contributed by atoms with Gasteiger partial charge in [-0.2, -0.15) is 4.98 Å². The summed E-state index contributed by atoms with van der Waals surface area (Å²) in [6.07, 6.45) is 3.53. The first-order chi connectivity index (χ1) is 14.0. The molecular weight excluding hydrogens is 388 g/mol. The van der Waals surface area contributed by atoms with Gasteiger partial charge in [-0.05, 0) is 31.9 Å². The van der Waals surface area contributed by atoms with Gasteiger partial charge < -0.3 is 10.8 Å². The van der Waals surface area contributed by atoms with Crippen LogP contribution in [0.25, 0.3) is 21.9 Å². The number of nitrogens with two attached hydrogens (primary N) is 1. The third-order valence-electron chi connectivity index (χ3n) is 5.23. The van der Waals surface area contributed by atoms with Crippen molar-refractivity contribution in [3.05, 3.63) is 40.7 Å². The van der Waals surface area contributed by atoms with Crippen LogP contribution in [-0.4, -0.2) is 40.0 Å². The van der Waals surface area contributed by atoms with Crippen molar-refractivity contribution in [2.45, 2.75) is 44.8 Å². The lowest BCUT2D eigenvalue weighted by atomic mass is 9.97. The van der Waals surface area contributed by atoms with Gasteiger partial charge in [0.1, 0.15) is 16.3 Å². The molecule has 1 saturated carbocycles. The number of aliphatic hydroxyl groups is 1. The van der Waals surface area contributed by atoms with E-state index in [2.05, 4.69) is 25.3 Å². The molecule has 29 heavy (non-hydrogen) atoms. The maximum atomic E-state index is 10.8. The van der Waals surface area contributed by atoms with E-state index in [1.807, 2.05) is 30.5 Å². The van der Waals surface area contributed by atoms with Gasteiger partial charge in [-0.3, -0.25) is 4.98 Å². The average Bonchev–Trinajstić information content (AvgIpc) is 3.43. The summed E-state index contributed by atoms with van der Waals surface area (Å²) in [5.41, 5.74) is 9.19. The molecule has 1 aliphatic carbocycles. The Morgan fingerprint density at radius 3 is 2.76 bits per heavy atom. The van der Waals surface area contributed by atoms with E-state index < -0.39 is 5.60 Å². The summed E-state index contributed by atoms with van der Waals surface area (Å²) >= 11 is 1.48. The van der Waals surface area contributed by atoms with Gasteiger partial charge in [0.05, 0.1) is 17.9 Å². The molecule has 4 aromatic heterocycles. The average molecular weight is 408 g/mol. The van der Waals surface area contributed by atoms with Crippen molar-refractivity contribution >= 4 is 28.4 Å². The Hall–Kier alpha value is -2.98. The maximum absolute atomic E-state index is 10.8. The van der Waals surface area contributed by atoms with Gasteiger partial charge in [-0.15, -0.1) is 16.4 Å². The van der Waals surface area contributed by atoms with Crippen molar-refractivity contribution in [3.8, 4) is 10.7 Å². The molecule has 0 saturated heterocycles. The van der Waals surface area contributed by atoms with Crippen molar-refractivity contribution in [1.82, 2.24) is 34.9 Å². The van der Waals surface area contributed by atoms with E-state index in [1.54, 1.807) is 4.68 Å². The Labute approximate surface area is 170 Å². The molecule has 0 aromatic carbocycles.